The van der Waals surface area contributed by atoms with Gasteiger partial charge in [0, 0.05) is 19.6 Å². The predicted octanol–water partition coefficient (Wildman–Crippen LogP) is 1.01. The maximum Gasteiger partial charge on any atom is 0.243 e. The maximum absolute atomic E-state index is 12.7. The third kappa shape index (κ3) is 3.30. The summed E-state index contributed by atoms with van der Waals surface area (Å²) < 4.78 is 10.6. The van der Waals surface area contributed by atoms with Gasteiger partial charge in [-0.15, -0.1) is 0 Å². The predicted molar refractivity (Wildman–Crippen MR) is 79.1 cm³/mol. The van der Waals surface area contributed by atoms with E-state index in [1.54, 1.807) is 0 Å². The van der Waals surface area contributed by atoms with Crippen LogP contribution in [0.2, 0.25) is 0 Å². The van der Waals surface area contributed by atoms with Crippen molar-refractivity contribution in [1.82, 2.24) is 19.9 Å². The average molecular weight is 308 g/mol. The number of rotatable bonds is 3. The van der Waals surface area contributed by atoms with E-state index in [1.165, 1.54) is 0 Å². The SMILES string of the molecule is Cc1noc([C@@H](C)N2CCC[C@H](C(=O)N3CCOCC3)C2)n1. The summed E-state index contributed by atoms with van der Waals surface area (Å²) in [6.45, 7) is 8.35. The molecule has 1 amide bonds. The van der Waals surface area contributed by atoms with E-state index in [0.29, 0.717) is 38.0 Å². The molecule has 1 aromatic rings. The van der Waals surface area contributed by atoms with Crippen molar-refractivity contribution >= 4 is 5.91 Å². The van der Waals surface area contributed by atoms with Crippen molar-refractivity contribution in [3.63, 3.8) is 0 Å². The molecular weight excluding hydrogens is 284 g/mol. The maximum atomic E-state index is 12.7. The van der Waals surface area contributed by atoms with E-state index in [4.69, 9.17) is 9.26 Å². The summed E-state index contributed by atoms with van der Waals surface area (Å²) in [7, 11) is 0. The first-order valence-electron chi connectivity index (χ1n) is 8.06. The molecule has 0 spiro atoms. The summed E-state index contributed by atoms with van der Waals surface area (Å²) >= 11 is 0. The Hall–Kier alpha value is -1.47. The third-order valence-electron chi connectivity index (χ3n) is 4.57. The highest BCUT2D eigenvalue weighted by Gasteiger charge is 2.33. The fraction of sp³-hybridized carbons (Fsp3) is 0.800. The van der Waals surface area contributed by atoms with E-state index < -0.39 is 0 Å². The summed E-state index contributed by atoms with van der Waals surface area (Å²) in [5.41, 5.74) is 0. The second-order valence-electron chi connectivity index (χ2n) is 6.13. The Morgan fingerprint density at radius 1 is 1.32 bits per heavy atom. The molecule has 3 rings (SSSR count). The van der Waals surface area contributed by atoms with E-state index in [0.717, 1.165) is 25.9 Å². The topological polar surface area (TPSA) is 71.7 Å². The number of amides is 1. The molecular formula is C15H24N4O3. The zero-order chi connectivity index (χ0) is 15.5. The van der Waals surface area contributed by atoms with Crippen molar-refractivity contribution in [2.45, 2.75) is 32.7 Å². The Kier molecular flexibility index (Phi) is 4.73. The molecule has 2 aliphatic rings. The molecule has 22 heavy (non-hydrogen) atoms. The number of morpholine rings is 1. The Morgan fingerprint density at radius 2 is 2.09 bits per heavy atom. The van der Waals surface area contributed by atoms with Gasteiger partial charge in [0.05, 0.1) is 25.2 Å². The minimum absolute atomic E-state index is 0.0569. The molecule has 2 atom stereocenters. The van der Waals surface area contributed by atoms with Gasteiger partial charge in [-0.1, -0.05) is 5.16 Å². The molecule has 7 heteroatoms. The standard InChI is InChI=1S/C15H24N4O3/c1-11(14-16-12(2)17-22-14)19-5-3-4-13(10-19)15(20)18-6-8-21-9-7-18/h11,13H,3-10H2,1-2H3/t11-,13+/m1/s1. The van der Waals surface area contributed by atoms with Crippen molar-refractivity contribution < 1.29 is 14.1 Å². The molecule has 2 saturated heterocycles. The van der Waals surface area contributed by atoms with Gasteiger partial charge in [-0.2, -0.15) is 4.98 Å². The first-order chi connectivity index (χ1) is 10.6. The molecule has 122 valence electrons. The van der Waals surface area contributed by atoms with Crippen LogP contribution in [0.25, 0.3) is 0 Å². The summed E-state index contributed by atoms with van der Waals surface area (Å²) in [5.74, 6) is 1.62. The van der Waals surface area contributed by atoms with Crippen LogP contribution in [0, 0.1) is 12.8 Å². The largest absolute Gasteiger partial charge is 0.378 e. The van der Waals surface area contributed by atoms with Crippen LogP contribution in [-0.2, 0) is 9.53 Å². The lowest BCUT2D eigenvalue weighted by molar-refractivity contribution is -0.141. The number of hydrogen-bond acceptors (Lipinski definition) is 6. The van der Waals surface area contributed by atoms with Gasteiger partial charge in [0.2, 0.25) is 11.8 Å². The Bertz CT molecular complexity index is 513. The molecule has 0 aliphatic carbocycles. The molecule has 1 aromatic heterocycles. The molecule has 0 bridgehead atoms. The number of nitrogens with zero attached hydrogens (tertiary/aromatic N) is 4. The van der Waals surface area contributed by atoms with E-state index in [9.17, 15) is 4.79 Å². The van der Waals surface area contributed by atoms with Gasteiger partial charge in [0.15, 0.2) is 5.82 Å². The van der Waals surface area contributed by atoms with Crippen LogP contribution in [0.5, 0.6) is 0 Å². The molecule has 3 heterocycles. The number of carbonyl (C=O) groups excluding carboxylic acids is 1. The average Bonchev–Trinajstić information content (AvgIpc) is 3.01. The van der Waals surface area contributed by atoms with Crippen molar-refractivity contribution in [3.05, 3.63) is 11.7 Å². The first-order valence-corrected chi connectivity index (χ1v) is 8.06. The van der Waals surface area contributed by atoms with Crippen molar-refractivity contribution in [3.8, 4) is 0 Å². The monoisotopic (exact) mass is 308 g/mol. The van der Waals surface area contributed by atoms with Crippen LogP contribution in [-0.4, -0.2) is 65.2 Å². The molecule has 2 fully saturated rings. The fourth-order valence-corrected chi connectivity index (χ4v) is 3.24. The number of hydrogen-bond donors (Lipinski definition) is 0. The second-order valence-corrected chi connectivity index (χ2v) is 6.13. The highest BCUT2D eigenvalue weighted by Crippen LogP contribution is 2.27. The number of aryl methyl sites for hydroxylation is 1. The van der Waals surface area contributed by atoms with Gasteiger partial charge in [-0.3, -0.25) is 9.69 Å². The summed E-state index contributed by atoms with van der Waals surface area (Å²) in [6, 6.07) is 0.0569. The molecule has 0 N–H and O–H groups in total. The van der Waals surface area contributed by atoms with Crippen molar-refractivity contribution in [2.24, 2.45) is 5.92 Å². The van der Waals surface area contributed by atoms with Crippen LogP contribution in [0.1, 0.15) is 37.5 Å². The van der Waals surface area contributed by atoms with E-state index in [1.807, 2.05) is 11.8 Å². The smallest absolute Gasteiger partial charge is 0.243 e. The minimum Gasteiger partial charge on any atom is -0.378 e. The van der Waals surface area contributed by atoms with Gasteiger partial charge < -0.3 is 14.2 Å². The van der Waals surface area contributed by atoms with Gasteiger partial charge in [0.25, 0.3) is 0 Å². The first kappa shape index (κ1) is 15.4. The fourth-order valence-electron chi connectivity index (χ4n) is 3.24. The molecule has 0 radical (unpaired) electrons. The lowest BCUT2D eigenvalue weighted by Crippen LogP contribution is -2.48. The quantitative estimate of drug-likeness (QED) is 0.830. The van der Waals surface area contributed by atoms with Crippen molar-refractivity contribution in [1.29, 1.82) is 0 Å². The van der Waals surface area contributed by atoms with Crippen LogP contribution < -0.4 is 0 Å². The molecule has 7 nitrogen and oxygen atoms in total. The summed E-state index contributed by atoms with van der Waals surface area (Å²) in [4.78, 5) is 21.2. The number of aromatic nitrogens is 2. The van der Waals surface area contributed by atoms with Crippen LogP contribution in [0.15, 0.2) is 4.52 Å². The molecule has 0 aromatic carbocycles. The molecule has 2 aliphatic heterocycles. The van der Waals surface area contributed by atoms with E-state index in [-0.39, 0.29) is 17.9 Å². The highest BCUT2D eigenvalue weighted by molar-refractivity contribution is 5.79. The third-order valence-corrected chi connectivity index (χ3v) is 4.57. The Labute approximate surface area is 130 Å². The van der Waals surface area contributed by atoms with E-state index >= 15 is 0 Å². The summed E-state index contributed by atoms with van der Waals surface area (Å²) in [6.07, 6.45) is 1.99. The van der Waals surface area contributed by atoms with Gasteiger partial charge in [0.1, 0.15) is 0 Å². The van der Waals surface area contributed by atoms with Crippen LogP contribution >= 0.6 is 0 Å². The van der Waals surface area contributed by atoms with E-state index in [2.05, 4.69) is 22.0 Å². The minimum atomic E-state index is 0.0569. The van der Waals surface area contributed by atoms with Gasteiger partial charge in [-0.25, -0.2) is 0 Å². The zero-order valence-corrected chi connectivity index (χ0v) is 13.3. The number of ether oxygens (including phenoxy) is 1. The van der Waals surface area contributed by atoms with Crippen molar-refractivity contribution in [2.75, 3.05) is 39.4 Å². The molecule has 0 unspecified atom stereocenters. The lowest BCUT2D eigenvalue weighted by atomic mass is 9.95. The Morgan fingerprint density at radius 3 is 2.77 bits per heavy atom. The van der Waals surface area contributed by atoms with Gasteiger partial charge in [-0.05, 0) is 33.2 Å². The van der Waals surface area contributed by atoms with Crippen LogP contribution in [0.4, 0.5) is 0 Å². The lowest BCUT2D eigenvalue weighted by Gasteiger charge is -2.37. The summed E-state index contributed by atoms with van der Waals surface area (Å²) in [5, 5.41) is 3.86. The highest BCUT2D eigenvalue weighted by atomic mass is 16.5. The normalized spacial score (nSPS) is 25.2. The molecule has 0 saturated carbocycles. The Balaban J connectivity index is 1.62. The van der Waals surface area contributed by atoms with Crippen LogP contribution in [0.3, 0.4) is 0 Å². The number of piperidine rings is 1. The number of carbonyl (C=O) groups is 1. The number of likely N-dealkylation sites (tertiary alicyclic amines) is 1. The zero-order valence-electron chi connectivity index (χ0n) is 13.3. The van der Waals surface area contributed by atoms with Gasteiger partial charge >= 0.3 is 0 Å². The second kappa shape index (κ2) is 6.75.